The molecule has 0 spiro atoms. The van der Waals surface area contributed by atoms with E-state index in [1.54, 1.807) is 0 Å². The van der Waals surface area contributed by atoms with Crippen LogP contribution in [0.5, 0.6) is 0 Å². The summed E-state index contributed by atoms with van der Waals surface area (Å²) in [7, 11) is -4.42. The van der Waals surface area contributed by atoms with Gasteiger partial charge < -0.3 is 20.1 Å². The average Bonchev–Trinajstić information content (AvgIpc) is 3.48. The molecule has 2 unspecified atom stereocenters. The normalized spacial score (nSPS) is 14.0. The van der Waals surface area contributed by atoms with Gasteiger partial charge in [-0.25, -0.2) is 4.57 Å². The minimum Gasteiger partial charge on any atom is -0.462 e. The van der Waals surface area contributed by atoms with E-state index in [1.165, 1.54) is 116 Å². The number of phosphoric acid groups is 1. The van der Waals surface area contributed by atoms with Crippen LogP contribution in [-0.2, 0) is 32.7 Å². The van der Waals surface area contributed by atoms with E-state index in [4.69, 9.17) is 24.3 Å². The van der Waals surface area contributed by atoms with Crippen molar-refractivity contribution >= 4 is 19.8 Å². The van der Waals surface area contributed by atoms with Gasteiger partial charge in [0.15, 0.2) is 6.10 Å². The number of esters is 2. The molecule has 0 aliphatic rings. The summed E-state index contributed by atoms with van der Waals surface area (Å²) >= 11 is 0. The highest BCUT2D eigenvalue weighted by molar-refractivity contribution is 7.47. The Morgan fingerprint density at radius 2 is 0.639 bits per heavy atom. The quantitative estimate of drug-likeness (QED) is 0.0264. The van der Waals surface area contributed by atoms with Crippen molar-refractivity contribution in [3.05, 3.63) is 158 Å². The van der Waals surface area contributed by atoms with Gasteiger partial charge in [0.1, 0.15) is 6.61 Å². The Labute approximate surface area is 509 Å². The molecular weight excluding hydrogens is 1050 g/mol. The maximum absolute atomic E-state index is 12.7. The number of allylic oxidation sites excluding steroid dienone is 26. The molecule has 0 aliphatic heterocycles. The number of nitrogens with two attached hydrogens (primary N) is 1. The van der Waals surface area contributed by atoms with E-state index < -0.39 is 32.5 Å². The molecule has 0 aromatic rings. The lowest BCUT2D eigenvalue weighted by molar-refractivity contribution is -0.161. The molecule has 2 atom stereocenters. The first kappa shape index (κ1) is 78.6. The SMILES string of the molecule is CC/C=C\C/C=C\C/C=C\C/C=C\C/C=C\C/C=C\C/C=C\CCCC(=O)OC(COC(=O)CCCCCCCCCCCCCCCCCCCCCC/C=C\C/C=C\C/C=C\C/C=C\C/C=C\C/C=C\CC)COP(=O)(O)OCCN. The second-order valence-electron chi connectivity index (χ2n) is 21.2. The molecule has 0 aromatic carbocycles. The number of phosphoric ester groups is 1. The summed E-state index contributed by atoms with van der Waals surface area (Å²) in [6, 6.07) is 0. The molecule has 0 bridgehead atoms. The molecule has 0 saturated carbocycles. The van der Waals surface area contributed by atoms with Crippen molar-refractivity contribution < 1.29 is 37.6 Å². The smallest absolute Gasteiger partial charge is 0.462 e. The lowest BCUT2D eigenvalue weighted by Gasteiger charge is -2.19. The van der Waals surface area contributed by atoms with Gasteiger partial charge in [0.25, 0.3) is 0 Å². The van der Waals surface area contributed by atoms with Crippen molar-refractivity contribution in [1.82, 2.24) is 0 Å². The van der Waals surface area contributed by atoms with Crippen LogP contribution in [0.25, 0.3) is 0 Å². The van der Waals surface area contributed by atoms with Crippen molar-refractivity contribution in [2.45, 2.75) is 264 Å². The highest BCUT2D eigenvalue weighted by atomic mass is 31.2. The molecule has 0 heterocycles. The Balaban J connectivity index is 3.93. The zero-order valence-corrected chi connectivity index (χ0v) is 53.5. The monoisotopic (exact) mass is 1170 g/mol. The topological polar surface area (TPSA) is 134 Å². The minimum atomic E-state index is -4.42. The number of hydrogen-bond donors (Lipinski definition) is 2. The molecule has 0 rings (SSSR count). The third-order valence-electron chi connectivity index (χ3n) is 13.4. The molecule has 0 aromatic heterocycles. The predicted octanol–water partition coefficient (Wildman–Crippen LogP) is 21.6. The van der Waals surface area contributed by atoms with Crippen LogP contribution in [0.2, 0.25) is 0 Å². The van der Waals surface area contributed by atoms with Crippen LogP contribution in [0.3, 0.4) is 0 Å². The average molecular weight is 1170 g/mol. The largest absolute Gasteiger partial charge is 0.472 e. The number of rotatable bonds is 60. The first-order chi connectivity index (χ1) is 40.8. The van der Waals surface area contributed by atoms with Gasteiger partial charge >= 0.3 is 19.8 Å². The van der Waals surface area contributed by atoms with Gasteiger partial charge in [-0.3, -0.25) is 18.6 Å². The summed E-state index contributed by atoms with van der Waals surface area (Å²) in [5.74, 6) is -0.901. The fourth-order valence-corrected chi connectivity index (χ4v) is 9.39. The van der Waals surface area contributed by atoms with Gasteiger partial charge in [0.05, 0.1) is 13.2 Å². The molecule has 0 fully saturated rings. The maximum Gasteiger partial charge on any atom is 0.472 e. The standard InChI is InChI=1S/C73H120NO8P/c1-3-5-7-9-11-13-15-17-19-21-23-25-27-28-29-30-31-32-33-34-35-36-37-38-39-40-41-42-44-45-47-49-51-53-55-57-59-61-63-65-72(75)79-69-71(70-81-83(77,78)80-68-67-74)82-73(76)66-64-62-60-58-56-54-52-50-48-46-43-26-24-22-20-18-16-14-12-10-8-6-4-2/h5-8,11-14,17-20,23-26,28-29,31-32,46,48,52,54,58,60,71H,3-4,9-10,15-16,21-22,27,30,33-45,47,49-51,53,55-57,59,61-70,74H2,1-2H3,(H,77,78)/b7-5-,8-6-,13-11-,14-12-,19-17-,20-18-,25-23-,26-24-,29-28-,32-31-,48-46-,54-52-,60-58-. The summed E-state index contributed by atoms with van der Waals surface area (Å²) in [6.45, 7) is 3.45. The van der Waals surface area contributed by atoms with Crippen molar-refractivity contribution in [3.8, 4) is 0 Å². The van der Waals surface area contributed by atoms with Crippen molar-refractivity contribution in [1.29, 1.82) is 0 Å². The molecule has 0 saturated heterocycles. The Morgan fingerprint density at radius 1 is 0.361 bits per heavy atom. The first-order valence-corrected chi connectivity index (χ1v) is 34.5. The molecule has 0 aliphatic carbocycles. The third kappa shape index (κ3) is 66.6. The van der Waals surface area contributed by atoms with Gasteiger partial charge in [0.2, 0.25) is 0 Å². The summed E-state index contributed by atoms with van der Waals surface area (Å²) in [6.07, 6.45) is 97.7. The van der Waals surface area contributed by atoms with Gasteiger partial charge in [-0.1, -0.05) is 287 Å². The van der Waals surface area contributed by atoms with Crippen molar-refractivity contribution in [3.63, 3.8) is 0 Å². The fourth-order valence-electron chi connectivity index (χ4n) is 8.63. The number of hydrogen-bond acceptors (Lipinski definition) is 8. The van der Waals surface area contributed by atoms with E-state index in [0.29, 0.717) is 12.8 Å². The van der Waals surface area contributed by atoms with Crippen molar-refractivity contribution in [2.75, 3.05) is 26.4 Å². The summed E-state index contributed by atoms with van der Waals surface area (Å²) in [5.41, 5.74) is 5.39. The molecule has 470 valence electrons. The molecular formula is C73H120NO8P. The van der Waals surface area contributed by atoms with Crippen molar-refractivity contribution in [2.24, 2.45) is 5.73 Å². The molecule has 0 radical (unpaired) electrons. The summed E-state index contributed by atoms with van der Waals surface area (Å²) in [5, 5.41) is 0. The molecule has 3 N–H and O–H groups in total. The van der Waals surface area contributed by atoms with E-state index in [9.17, 15) is 19.0 Å². The molecule has 9 nitrogen and oxygen atoms in total. The van der Waals surface area contributed by atoms with Gasteiger partial charge in [-0.2, -0.15) is 0 Å². The molecule has 0 amide bonds. The highest BCUT2D eigenvalue weighted by Gasteiger charge is 2.26. The number of carbonyl (C=O) groups excluding carboxylic acids is 2. The van der Waals surface area contributed by atoms with E-state index in [0.717, 1.165) is 103 Å². The molecule has 83 heavy (non-hydrogen) atoms. The van der Waals surface area contributed by atoms with Crippen LogP contribution >= 0.6 is 7.82 Å². The Hall–Kier alpha value is -4.37. The van der Waals surface area contributed by atoms with Gasteiger partial charge in [0, 0.05) is 19.4 Å². The Kier molecular flexibility index (Phi) is 63.3. The minimum absolute atomic E-state index is 0.0375. The van der Waals surface area contributed by atoms with Gasteiger partial charge in [-0.15, -0.1) is 0 Å². The zero-order chi connectivity index (χ0) is 60.1. The lowest BCUT2D eigenvalue weighted by atomic mass is 10.0. The lowest BCUT2D eigenvalue weighted by Crippen LogP contribution is -2.29. The predicted molar refractivity (Wildman–Crippen MR) is 357 cm³/mol. The fraction of sp³-hybridized carbons (Fsp3) is 0.616. The van der Waals surface area contributed by atoms with E-state index in [1.807, 2.05) is 6.08 Å². The van der Waals surface area contributed by atoms with E-state index in [2.05, 4.69) is 166 Å². The Bertz CT molecular complexity index is 1920. The number of unbranched alkanes of at least 4 members (excludes halogenated alkanes) is 21. The highest BCUT2D eigenvalue weighted by Crippen LogP contribution is 2.43. The van der Waals surface area contributed by atoms with Crippen LogP contribution < -0.4 is 5.73 Å². The second-order valence-corrected chi connectivity index (χ2v) is 22.7. The maximum atomic E-state index is 12.7. The zero-order valence-electron chi connectivity index (χ0n) is 52.6. The van der Waals surface area contributed by atoms with Crippen LogP contribution in [0, 0.1) is 0 Å². The van der Waals surface area contributed by atoms with E-state index in [-0.39, 0.29) is 32.6 Å². The molecule has 10 heteroatoms. The second kappa shape index (κ2) is 66.8. The summed E-state index contributed by atoms with van der Waals surface area (Å²) < 4.78 is 33.0. The number of carbonyl (C=O) groups is 2. The number of ether oxygens (including phenoxy) is 2. The van der Waals surface area contributed by atoms with Gasteiger partial charge in [-0.05, 0) is 116 Å². The summed E-state index contributed by atoms with van der Waals surface area (Å²) in [4.78, 5) is 35.2. The van der Waals surface area contributed by atoms with Crippen LogP contribution in [-0.4, -0.2) is 49.3 Å². The van der Waals surface area contributed by atoms with Crippen LogP contribution in [0.15, 0.2) is 158 Å². The van der Waals surface area contributed by atoms with E-state index >= 15 is 0 Å². The van der Waals surface area contributed by atoms with Crippen LogP contribution in [0.1, 0.15) is 258 Å². The first-order valence-electron chi connectivity index (χ1n) is 33.0. The Morgan fingerprint density at radius 3 is 0.964 bits per heavy atom. The van der Waals surface area contributed by atoms with Crippen LogP contribution in [0.4, 0.5) is 0 Å². The third-order valence-corrected chi connectivity index (χ3v) is 14.4.